The van der Waals surface area contributed by atoms with Crippen LogP contribution in [0.4, 0.5) is 0 Å². The molecule has 0 saturated carbocycles. The van der Waals surface area contributed by atoms with Gasteiger partial charge in [-0.3, -0.25) is 4.79 Å². The number of hydrogen-bond donors (Lipinski definition) is 1. The van der Waals surface area contributed by atoms with Gasteiger partial charge in [-0.1, -0.05) is 18.9 Å². The van der Waals surface area contributed by atoms with Crippen LogP contribution in [-0.4, -0.2) is 30.4 Å². The summed E-state index contributed by atoms with van der Waals surface area (Å²) in [5.74, 6) is 0.253. The van der Waals surface area contributed by atoms with Crippen LogP contribution in [0.25, 0.3) is 0 Å². The molecule has 0 radical (unpaired) electrons. The lowest BCUT2D eigenvalue weighted by molar-refractivity contribution is -0.130. The van der Waals surface area contributed by atoms with Crippen LogP contribution in [0.2, 0.25) is 0 Å². The number of carbonyl (C=O) groups excluding carboxylic acids is 1. The first-order valence-corrected chi connectivity index (χ1v) is 7.25. The molecule has 1 aliphatic heterocycles. The summed E-state index contributed by atoms with van der Waals surface area (Å²) in [5.41, 5.74) is 0. The van der Waals surface area contributed by atoms with Gasteiger partial charge in [0.15, 0.2) is 0 Å². The van der Waals surface area contributed by atoms with Gasteiger partial charge in [0.1, 0.15) is 0 Å². The summed E-state index contributed by atoms with van der Waals surface area (Å²) in [7, 11) is 0. The Morgan fingerprint density at radius 3 is 2.71 bits per heavy atom. The second-order valence-electron chi connectivity index (χ2n) is 4.48. The zero-order chi connectivity index (χ0) is 11.9. The topological polar surface area (TPSA) is 32.3 Å². The summed E-state index contributed by atoms with van der Waals surface area (Å²) in [4.78, 5) is 15.2. The third-order valence-electron chi connectivity index (χ3n) is 3.11. The van der Waals surface area contributed by atoms with E-state index in [0.717, 1.165) is 32.5 Å². The van der Waals surface area contributed by atoms with Crippen LogP contribution in [0.3, 0.4) is 0 Å². The number of nitrogens with zero attached hydrogens (tertiary/aromatic N) is 1. The van der Waals surface area contributed by atoms with Crippen molar-refractivity contribution in [3.05, 3.63) is 22.4 Å². The Hall–Kier alpha value is -0.870. The van der Waals surface area contributed by atoms with Crippen LogP contribution >= 0.6 is 11.3 Å². The van der Waals surface area contributed by atoms with E-state index in [-0.39, 0.29) is 5.91 Å². The van der Waals surface area contributed by atoms with Gasteiger partial charge >= 0.3 is 0 Å². The Labute approximate surface area is 107 Å². The van der Waals surface area contributed by atoms with Gasteiger partial charge in [-0.05, 0) is 24.3 Å². The largest absolute Gasteiger partial charge is 0.342 e. The molecule has 2 rings (SSSR count). The molecule has 0 atom stereocenters. The van der Waals surface area contributed by atoms with Crippen LogP contribution < -0.4 is 5.32 Å². The normalized spacial score (nSPS) is 16.8. The van der Waals surface area contributed by atoms with Crippen molar-refractivity contribution >= 4 is 17.2 Å². The van der Waals surface area contributed by atoms with Crippen LogP contribution in [-0.2, 0) is 11.3 Å². The highest BCUT2D eigenvalue weighted by atomic mass is 32.1. The van der Waals surface area contributed by atoms with Gasteiger partial charge < -0.3 is 10.2 Å². The smallest absolute Gasteiger partial charge is 0.236 e. The summed E-state index contributed by atoms with van der Waals surface area (Å²) in [6, 6.07) is 4.13. The molecule has 0 aromatic carbocycles. The predicted octanol–water partition coefficient (Wildman–Crippen LogP) is 2.24. The van der Waals surface area contributed by atoms with Crippen molar-refractivity contribution in [1.82, 2.24) is 10.2 Å². The van der Waals surface area contributed by atoms with Crippen molar-refractivity contribution in [2.75, 3.05) is 19.6 Å². The monoisotopic (exact) mass is 252 g/mol. The van der Waals surface area contributed by atoms with Crippen molar-refractivity contribution in [1.29, 1.82) is 0 Å². The highest BCUT2D eigenvalue weighted by Gasteiger charge is 2.14. The molecule has 0 spiro atoms. The fraction of sp³-hybridized carbons (Fsp3) is 0.615. The first-order valence-electron chi connectivity index (χ1n) is 6.37. The van der Waals surface area contributed by atoms with E-state index in [1.165, 1.54) is 17.7 Å². The van der Waals surface area contributed by atoms with Crippen LogP contribution in [0.15, 0.2) is 17.5 Å². The molecule has 94 valence electrons. The molecule has 1 fully saturated rings. The average molecular weight is 252 g/mol. The Morgan fingerprint density at radius 2 is 2.06 bits per heavy atom. The lowest BCUT2D eigenvalue weighted by Crippen LogP contribution is -2.38. The maximum atomic E-state index is 11.9. The molecule has 0 unspecified atom stereocenters. The van der Waals surface area contributed by atoms with Crippen molar-refractivity contribution in [3.8, 4) is 0 Å². The van der Waals surface area contributed by atoms with Gasteiger partial charge in [-0.25, -0.2) is 0 Å². The fourth-order valence-electron chi connectivity index (χ4n) is 2.14. The first kappa shape index (κ1) is 12.6. The Kier molecular flexibility index (Phi) is 5.01. The lowest BCUT2D eigenvalue weighted by Gasteiger charge is -2.20. The molecule has 1 aliphatic rings. The maximum Gasteiger partial charge on any atom is 0.236 e. The molecule has 1 aromatic heterocycles. The lowest BCUT2D eigenvalue weighted by atomic mass is 10.2. The zero-order valence-corrected chi connectivity index (χ0v) is 11.0. The van der Waals surface area contributed by atoms with E-state index in [2.05, 4.69) is 16.8 Å². The third kappa shape index (κ3) is 4.13. The molecule has 0 aliphatic carbocycles. The Bertz CT molecular complexity index is 329. The third-order valence-corrected chi connectivity index (χ3v) is 3.99. The van der Waals surface area contributed by atoms with Gasteiger partial charge in [0.2, 0.25) is 5.91 Å². The summed E-state index contributed by atoms with van der Waals surface area (Å²) < 4.78 is 0. The van der Waals surface area contributed by atoms with E-state index in [1.54, 1.807) is 11.3 Å². The molecule has 1 saturated heterocycles. The zero-order valence-electron chi connectivity index (χ0n) is 10.2. The van der Waals surface area contributed by atoms with Crippen LogP contribution in [0.1, 0.15) is 30.6 Å². The van der Waals surface area contributed by atoms with E-state index in [4.69, 9.17) is 0 Å². The predicted molar refractivity (Wildman–Crippen MR) is 71.1 cm³/mol. The van der Waals surface area contributed by atoms with E-state index < -0.39 is 0 Å². The number of nitrogens with one attached hydrogen (secondary N) is 1. The van der Waals surface area contributed by atoms with Crippen molar-refractivity contribution < 1.29 is 4.79 Å². The summed E-state index contributed by atoms with van der Waals surface area (Å²) in [5, 5.41) is 5.29. The van der Waals surface area contributed by atoms with Gasteiger partial charge in [0.25, 0.3) is 0 Å². The van der Waals surface area contributed by atoms with Crippen LogP contribution in [0.5, 0.6) is 0 Å². The minimum Gasteiger partial charge on any atom is -0.342 e. The van der Waals surface area contributed by atoms with Gasteiger partial charge in [-0.15, -0.1) is 11.3 Å². The highest BCUT2D eigenvalue weighted by Crippen LogP contribution is 2.10. The summed E-state index contributed by atoms with van der Waals surface area (Å²) in [6.45, 7) is 3.16. The number of rotatable bonds is 4. The highest BCUT2D eigenvalue weighted by molar-refractivity contribution is 7.09. The number of amides is 1. The van der Waals surface area contributed by atoms with Crippen molar-refractivity contribution in [2.45, 2.75) is 32.2 Å². The summed E-state index contributed by atoms with van der Waals surface area (Å²) in [6.07, 6.45) is 4.87. The Morgan fingerprint density at radius 1 is 1.29 bits per heavy atom. The first-order chi connectivity index (χ1) is 8.36. The molecule has 4 heteroatoms. The molecule has 1 aromatic rings. The minimum atomic E-state index is 0.253. The molecule has 3 nitrogen and oxygen atoms in total. The number of thiophene rings is 1. The minimum absolute atomic E-state index is 0.253. The van der Waals surface area contributed by atoms with E-state index in [9.17, 15) is 4.79 Å². The molecular formula is C13H20N2OS. The molecule has 0 bridgehead atoms. The maximum absolute atomic E-state index is 11.9. The molecule has 1 amide bonds. The van der Waals surface area contributed by atoms with Gasteiger partial charge in [0.05, 0.1) is 6.54 Å². The van der Waals surface area contributed by atoms with Crippen LogP contribution in [0, 0.1) is 0 Å². The number of likely N-dealkylation sites (tertiary alicyclic amines) is 1. The van der Waals surface area contributed by atoms with E-state index in [1.807, 2.05) is 11.0 Å². The second kappa shape index (κ2) is 6.77. The quantitative estimate of drug-likeness (QED) is 0.891. The molecular weight excluding hydrogens is 232 g/mol. The van der Waals surface area contributed by atoms with Gasteiger partial charge in [0, 0.05) is 24.5 Å². The van der Waals surface area contributed by atoms with Crippen molar-refractivity contribution in [2.24, 2.45) is 0 Å². The number of carbonyl (C=O) groups is 1. The SMILES string of the molecule is O=C(CNCc1cccs1)N1CCCCCC1. The van der Waals surface area contributed by atoms with Crippen molar-refractivity contribution in [3.63, 3.8) is 0 Å². The average Bonchev–Trinajstić information content (AvgIpc) is 2.69. The molecule has 1 N–H and O–H groups in total. The van der Waals surface area contributed by atoms with E-state index in [0.29, 0.717) is 6.54 Å². The number of hydrogen-bond acceptors (Lipinski definition) is 3. The summed E-state index contributed by atoms with van der Waals surface area (Å²) >= 11 is 1.73. The standard InChI is InChI=1S/C13H20N2OS/c16-13(15-7-3-1-2-4-8-15)11-14-10-12-6-5-9-17-12/h5-6,9,14H,1-4,7-8,10-11H2. The van der Waals surface area contributed by atoms with E-state index >= 15 is 0 Å². The Balaban J connectivity index is 1.69. The molecule has 2 heterocycles. The van der Waals surface area contributed by atoms with Gasteiger partial charge in [-0.2, -0.15) is 0 Å². The fourth-order valence-corrected chi connectivity index (χ4v) is 2.81. The second-order valence-corrected chi connectivity index (χ2v) is 5.51. The molecule has 17 heavy (non-hydrogen) atoms.